The van der Waals surface area contributed by atoms with E-state index in [4.69, 9.17) is 9.73 Å². The van der Waals surface area contributed by atoms with Gasteiger partial charge in [-0.2, -0.15) is 0 Å². The third kappa shape index (κ3) is 2.42. The standard InChI is InChI=1S/C15H26N2OS/c1-12-4-6-15(7-5-12)14(2,3)16-13(19-15)17-8-10-18-11-9-17/h12H,4-11H2,1-3H3. The van der Waals surface area contributed by atoms with E-state index in [1.165, 1.54) is 30.9 Å². The van der Waals surface area contributed by atoms with Crippen LogP contribution < -0.4 is 0 Å². The molecule has 0 aromatic rings. The zero-order valence-electron chi connectivity index (χ0n) is 12.4. The molecule has 108 valence electrons. The van der Waals surface area contributed by atoms with Crippen molar-refractivity contribution in [1.29, 1.82) is 0 Å². The topological polar surface area (TPSA) is 24.8 Å². The Bertz CT molecular complexity index is 366. The maximum atomic E-state index is 5.46. The van der Waals surface area contributed by atoms with Gasteiger partial charge in [0.2, 0.25) is 0 Å². The summed E-state index contributed by atoms with van der Waals surface area (Å²) in [6.45, 7) is 10.8. The minimum atomic E-state index is 0.0887. The van der Waals surface area contributed by atoms with Crippen molar-refractivity contribution in [2.75, 3.05) is 26.3 Å². The van der Waals surface area contributed by atoms with E-state index in [9.17, 15) is 0 Å². The highest BCUT2D eigenvalue weighted by atomic mass is 32.2. The molecule has 0 unspecified atom stereocenters. The molecule has 0 aromatic carbocycles. The first kappa shape index (κ1) is 13.7. The largest absolute Gasteiger partial charge is 0.378 e. The van der Waals surface area contributed by atoms with E-state index in [2.05, 4.69) is 37.4 Å². The molecule has 3 aliphatic rings. The fraction of sp³-hybridized carbons (Fsp3) is 0.933. The van der Waals surface area contributed by atoms with E-state index in [-0.39, 0.29) is 5.54 Å². The van der Waals surface area contributed by atoms with Crippen LogP contribution in [-0.4, -0.2) is 46.7 Å². The Morgan fingerprint density at radius 3 is 2.47 bits per heavy atom. The van der Waals surface area contributed by atoms with Gasteiger partial charge < -0.3 is 9.64 Å². The molecule has 4 heteroatoms. The van der Waals surface area contributed by atoms with E-state index in [0.29, 0.717) is 4.75 Å². The Morgan fingerprint density at radius 1 is 1.21 bits per heavy atom. The second-order valence-electron chi connectivity index (χ2n) is 6.83. The second kappa shape index (κ2) is 4.96. The van der Waals surface area contributed by atoms with Gasteiger partial charge in [0.1, 0.15) is 0 Å². The molecule has 0 aromatic heterocycles. The van der Waals surface area contributed by atoms with Gasteiger partial charge in [0, 0.05) is 17.8 Å². The fourth-order valence-electron chi connectivity index (χ4n) is 3.50. The number of thioether (sulfide) groups is 1. The Morgan fingerprint density at radius 2 is 1.84 bits per heavy atom. The van der Waals surface area contributed by atoms with Crippen molar-refractivity contribution in [3.63, 3.8) is 0 Å². The van der Waals surface area contributed by atoms with E-state index in [1.54, 1.807) is 0 Å². The van der Waals surface area contributed by atoms with Gasteiger partial charge in [0.05, 0.1) is 18.8 Å². The number of nitrogens with zero attached hydrogens (tertiary/aromatic N) is 2. The third-order valence-corrected chi connectivity index (χ3v) is 6.97. The average Bonchev–Trinajstić information content (AvgIpc) is 2.66. The van der Waals surface area contributed by atoms with Crippen molar-refractivity contribution in [3.8, 4) is 0 Å². The van der Waals surface area contributed by atoms with Crippen molar-refractivity contribution < 1.29 is 4.74 Å². The summed E-state index contributed by atoms with van der Waals surface area (Å²) in [5.74, 6) is 0.898. The Labute approximate surface area is 121 Å². The number of rotatable bonds is 0. The summed E-state index contributed by atoms with van der Waals surface area (Å²) in [4.78, 5) is 7.53. The van der Waals surface area contributed by atoms with Crippen LogP contribution in [0.2, 0.25) is 0 Å². The second-order valence-corrected chi connectivity index (χ2v) is 8.18. The molecule has 0 atom stereocenters. The first-order valence-electron chi connectivity index (χ1n) is 7.64. The summed E-state index contributed by atoms with van der Waals surface area (Å²) in [5.41, 5.74) is 0.0887. The van der Waals surface area contributed by atoms with Gasteiger partial charge in [-0.05, 0) is 45.4 Å². The molecule has 3 rings (SSSR count). The minimum Gasteiger partial charge on any atom is -0.378 e. The van der Waals surface area contributed by atoms with Crippen LogP contribution >= 0.6 is 11.8 Å². The number of morpholine rings is 1. The first-order chi connectivity index (χ1) is 9.02. The molecule has 0 amide bonds. The molecule has 0 bridgehead atoms. The minimum absolute atomic E-state index is 0.0887. The lowest BCUT2D eigenvalue weighted by molar-refractivity contribution is 0.0692. The maximum Gasteiger partial charge on any atom is 0.160 e. The highest BCUT2D eigenvalue weighted by molar-refractivity contribution is 8.15. The molecule has 0 radical (unpaired) electrons. The summed E-state index contributed by atoms with van der Waals surface area (Å²) in [6, 6.07) is 0. The van der Waals surface area contributed by atoms with Gasteiger partial charge in [0.15, 0.2) is 5.17 Å². The van der Waals surface area contributed by atoms with Crippen LogP contribution in [0.3, 0.4) is 0 Å². The first-order valence-corrected chi connectivity index (χ1v) is 8.46. The zero-order chi connectivity index (χ0) is 13.5. The average molecular weight is 282 g/mol. The van der Waals surface area contributed by atoms with Crippen LogP contribution in [0.1, 0.15) is 46.5 Å². The van der Waals surface area contributed by atoms with Crippen LogP contribution in [0.4, 0.5) is 0 Å². The van der Waals surface area contributed by atoms with Gasteiger partial charge in [-0.3, -0.25) is 4.99 Å². The predicted molar refractivity (Wildman–Crippen MR) is 81.9 cm³/mol. The molecule has 2 heterocycles. The molecule has 1 aliphatic carbocycles. The molecular weight excluding hydrogens is 256 g/mol. The van der Waals surface area contributed by atoms with E-state index >= 15 is 0 Å². The van der Waals surface area contributed by atoms with Crippen LogP contribution in [0.5, 0.6) is 0 Å². The monoisotopic (exact) mass is 282 g/mol. The lowest BCUT2D eigenvalue weighted by Gasteiger charge is -2.43. The van der Waals surface area contributed by atoms with Gasteiger partial charge >= 0.3 is 0 Å². The Balaban J connectivity index is 1.76. The molecular formula is C15H26N2OS. The zero-order valence-corrected chi connectivity index (χ0v) is 13.3. The van der Waals surface area contributed by atoms with Crippen molar-refractivity contribution in [1.82, 2.24) is 4.90 Å². The molecule has 3 nitrogen and oxygen atoms in total. The van der Waals surface area contributed by atoms with Gasteiger partial charge in [0.25, 0.3) is 0 Å². The third-order valence-electron chi connectivity index (χ3n) is 5.14. The summed E-state index contributed by atoms with van der Waals surface area (Å²) in [6.07, 6.45) is 5.37. The molecule has 2 fully saturated rings. The maximum absolute atomic E-state index is 5.46. The van der Waals surface area contributed by atoms with Crippen molar-refractivity contribution in [3.05, 3.63) is 0 Å². The van der Waals surface area contributed by atoms with Crippen LogP contribution in [0, 0.1) is 5.92 Å². The van der Waals surface area contributed by atoms with Gasteiger partial charge in [-0.1, -0.05) is 18.7 Å². The fourth-order valence-corrected chi connectivity index (χ4v) is 5.17. The van der Waals surface area contributed by atoms with E-state index < -0.39 is 0 Å². The number of aliphatic imine (C=N–C) groups is 1. The molecule has 2 aliphatic heterocycles. The van der Waals surface area contributed by atoms with Crippen molar-refractivity contribution >= 4 is 16.9 Å². The van der Waals surface area contributed by atoms with E-state index in [1.807, 2.05) is 0 Å². The summed E-state index contributed by atoms with van der Waals surface area (Å²) in [5, 5.41) is 1.28. The van der Waals surface area contributed by atoms with Crippen LogP contribution in [-0.2, 0) is 4.74 Å². The molecule has 1 saturated heterocycles. The number of hydrogen-bond acceptors (Lipinski definition) is 4. The van der Waals surface area contributed by atoms with Gasteiger partial charge in [-0.25, -0.2) is 0 Å². The smallest absolute Gasteiger partial charge is 0.160 e. The molecule has 1 saturated carbocycles. The lowest BCUT2D eigenvalue weighted by Crippen LogP contribution is -2.45. The van der Waals surface area contributed by atoms with Crippen LogP contribution in [0.15, 0.2) is 4.99 Å². The highest BCUT2D eigenvalue weighted by Gasteiger charge is 2.53. The summed E-state index contributed by atoms with van der Waals surface area (Å²) in [7, 11) is 0. The Kier molecular flexibility index (Phi) is 3.59. The number of amidine groups is 1. The number of hydrogen-bond donors (Lipinski definition) is 0. The van der Waals surface area contributed by atoms with Crippen molar-refractivity contribution in [2.24, 2.45) is 10.9 Å². The molecule has 19 heavy (non-hydrogen) atoms. The van der Waals surface area contributed by atoms with Crippen molar-refractivity contribution in [2.45, 2.75) is 56.7 Å². The quantitative estimate of drug-likeness (QED) is 0.682. The predicted octanol–water partition coefficient (Wildman–Crippen LogP) is 3.15. The molecule has 0 N–H and O–H groups in total. The SMILES string of the molecule is CC1CCC2(CC1)SC(N1CCOCC1)=NC2(C)C. The Hall–Kier alpha value is -0.220. The summed E-state index contributed by atoms with van der Waals surface area (Å²) < 4.78 is 5.81. The van der Waals surface area contributed by atoms with Gasteiger partial charge in [-0.15, -0.1) is 0 Å². The highest BCUT2D eigenvalue weighted by Crippen LogP contribution is 2.54. The lowest BCUT2D eigenvalue weighted by atomic mass is 9.73. The van der Waals surface area contributed by atoms with E-state index in [0.717, 1.165) is 32.2 Å². The molecule has 1 spiro atoms. The number of ether oxygens (including phenoxy) is 1. The normalized spacial score (nSPS) is 38.6. The van der Waals surface area contributed by atoms with Crippen LogP contribution in [0.25, 0.3) is 0 Å². The summed E-state index contributed by atoms with van der Waals surface area (Å²) >= 11 is 2.07.